The zero-order chi connectivity index (χ0) is 19.9. The molecule has 0 bridgehead atoms. The van der Waals surface area contributed by atoms with Crippen LogP contribution in [0.5, 0.6) is 0 Å². The van der Waals surface area contributed by atoms with E-state index in [9.17, 15) is 19.5 Å². The number of carboxylic acid groups (broad SMARTS) is 1. The van der Waals surface area contributed by atoms with Gasteiger partial charge in [-0.05, 0) is 36.5 Å². The fraction of sp³-hybridized carbons (Fsp3) is 0.318. The van der Waals surface area contributed by atoms with E-state index >= 15 is 0 Å². The number of anilines is 1. The van der Waals surface area contributed by atoms with E-state index < -0.39 is 11.9 Å². The molecule has 2 aromatic carbocycles. The van der Waals surface area contributed by atoms with Crippen LogP contribution in [0.25, 0.3) is 0 Å². The lowest BCUT2D eigenvalue weighted by atomic mass is 9.89. The monoisotopic (exact) mass is 380 g/mol. The third kappa shape index (κ3) is 5.19. The van der Waals surface area contributed by atoms with Crippen LogP contribution in [0.15, 0.2) is 54.6 Å². The molecule has 2 amide bonds. The van der Waals surface area contributed by atoms with Gasteiger partial charge in [0.15, 0.2) is 0 Å². The van der Waals surface area contributed by atoms with E-state index in [2.05, 4.69) is 10.6 Å². The molecule has 0 spiro atoms. The highest BCUT2D eigenvalue weighted by atomic mass is 16.4. The Morgan fingerprint density at radius 2 is 1.82 bits per heavy atom. The first-order valence-corrected chi connectivity index (χ1v) is 9.45. The zero-order valence-electron chi connectivity index (χ0n) is 15.6. The lowest BCUT2D eigenvalue weighted by Gasteiger charge is -2.24. The molecule has 0 radical (unpaired) electrons. The van der Waals surface area contributed by atoms with Crippen molar-refractivity contribution in [2.45, 2.75) is 25.7 Å². The minimum Gasteiger partial charge on any atom is -0.481 e. The molecule has 3 N–H and O–H groups in total. The summed E-state index contributed by atoms with van der Waals surface area (Å²) in [5, 5.41) is 15.0. The van der Waals surface area contributed by atoms with Crippen molar-refractivity contribution in [1.82, 2.24) is 5.32 Å². The lowest BCUT2D eigenvalue weighted by Crippen LogP contribution is -2.35. The standard InChI is InChI=1S/C22H24N2O4/c25-20(23-14-18(22(27)28)12-15-6-2-1-3-7-15)11-10-17-13-16-8-4-5-9-19(16)24-21(17)26/h1-9,17-18H,10-14H2,(H,23,25)(H,24,26)(H,27,28). The summed E-state index contributed by atoms with van der Waals surface area (Å²) in [5.41, 5.74) is 2.82. The Bertz CT molecular complexity index is 843. The second-order valence-electron chi connectivity index (χ2n) is 7.12. The van der Waals surface area contributed by atoms with Crippen LogP contribution in [0.2, 0.25) is 0 Å². The Balaban J connectivity index is 1.47. The van der Waals surface area contributed by atoms with E-state index in [4.69, 9.17) is 0 Å². The first-order valence-electron chi connectivity index (χ1n) is 9.45. The summed E-state index contributed by atoms with van der Waals surface area (Å²) in [6.45, 7) is 0.0722. The number of fused-ring (bicyclic) bond motifs is 1. The van der Waals surface area contributed by atoms with Gasteiger partial charge < -0.3 is 15.7 Å². The van der Waals surface area contributed by atoms with Crippen LogP contribution in [-0.4, -0.2) is 29.4 Å². The number of carbonyl (C=O) groups is 3. The first kappa shape index (κ1) is 19.6. The number of para-hydroxylation sites is 1. The summed E-state index contributed by atoms with van der Waals surface area (Å²) in [6, 6.07) is 17.0. The molecule has 0 saturated carbocycles. The number of carbonyl (C=O) groups excluding carboxylic acids is 2. The fourth-order valence-electron chi connectivity index (χ4n) is 3.42. The summed E-state index contributed by atoms with van der Waals surface area (Å²) in [4.78, 5) is 35.9. The van der Waals surface area contributed by atoms with Gasteiger partial charge in [-0.15, -0.1) is 0 Å². The second kappa shape index (κ2) is 9.17. The molecule has 1 aliphatic heterocycles. The minimum atomic E-state index is -0.938. The van der Waals surface area contributed by atoms with Crippen molar-refractivity contribution in [3.05, 3.63) is 65.7 Å². The maximum Gasteiger partial charge on any atom is 0.308 e. The van der Waals surface area contributed by atoms with Crippen molar-refractivity contribution in [1.29, 1.82) is 0 Å². The fourth-order valence-corrected chi connectivity index (χ4v) is 3.42. The average Bonchev–Trinajstić information content (AvgIpc) is 2.70. The quantitative estimate of drug-likeness (QED) is 0.656. The SMILES string of the molecule is O=C(CCC1Cc2ccccc2NC1=O)NCC(Cc1ccccc1)C(=O)O. The van der Waals surface area contributed by atoms with Gasteiger partial charge in [0.2, 0.25) is 11.8 Å². The molecule has 1 aliphatic rings. The maximum atomic E-state index is 12.2. The van der Waals surface area contributed by atoms with E-state index in [-0.39, 0.29) is 30.7 Å². The van der Waals surface area contributed by atoms with Crippen LogP contribution >= 0.6 is 0 Å². The van der Waals surface area contributed by atoms with Gasteiger partial charge in [0.1, 0.15) is 0 Å². The van der Waals surface area contributed by atoms with Crippen molar-refractivity contribution in [2.24, 2.45) is 11.8 Å². The van der Waals surface area contributed by atoms with Crippen LogP contribution in [0, 0.1) is 11.8 Å². The van der Waals surface area contributed by atoms with Crippen LogP contribution in [-0.2, 0) is 27.2 Å². The third-order valence-corrected chi connectivity index (χ3v) is 5.05. The lowest BCUT2D eigenvalue weighted by molar-refractivity contribution is -0.141. The van der Waals surface area contributed by atoms with Crippen LogP contribution in [0.1, 0.15) is 24.0 Å². The molecule has 0 aliphatic carbocycles. The number of aliphatic carboxylic acids is 1. The van der Waals surface area contributed by atoms with E-state index in [0.717, 1.165) is 16.8 Å². The normalized spacial score (nSPS) is 16.6. The number of hydrogen-bond donors (Lipinski definition) is 3. The van der Waals surface area contributed by atoms with Crippen LogP contribution in [0.3, 0.4) is 0 Å². The molecule has 0 fully saturated rings. The van der Waals surface area contributed by atoms with Crippen LogP contribution in [0.4, 0.5) is 5.69 Å². The van der Waals surface area contributed by atoms with Gasteiger partial charge in [-0.25, -0.2) is 0 Å². The molecule has 146 valence electrons. The second-order valence-corrected chi connectivity index (χ2v) is 7.12. The van der Waals surface area contributed by atoms with Gasteiger partial charge in [0.05, 0.1) is 5.92 Å². The Kier molecular flexibility index (Phi) is 6.42. The van der Waals surface area contributed by atoms with Gasteiger partial charge >= 0.3 is 5.97 Å². The van der Waals surface area contributed by atoms with Crippen molar-refractivity contribution in [2.75, 3.05) is 11.9 Å². The highest BCUT2D eigenvalue weighted by Gasteiger charge is 2.26. The number of benzene rings is 2. The summed E-state index contributed by atoms with van der Waals surface area (Å²) in [5.74, 6) is -2.17. The van der Waals surface area contributed by atoms with Crippen molar-refractivity contribution in [3.63, 3.8) is 0 Å². The molecular formula is C22H24N2O4. The zero-order valence-corrected chi connectivity index (χ0v) is 15.6. The highest BCUT2D eigenvalue weighted by Crippen LogP contribution is 2.27. The summed E-state index contributed by atoms with van der Waals surface area (Å²) >= 11 is 0. The average molecular weight is 380 g/mol. The summed E-state index contributed by atoms with van der Waals surface area (Å²) in [7, 11) is 0. The minimum absolute atomic E-state index is 0.0704. The van der Waals surface area contributed by atoms with E-state index in [0.29, 0.717) is 19.3 Å². The van der Waals surface area contributed by atoms with E-state index in [1.54, 1.807) is 0 Å². The molecule has 28 heavy (non-hydrogen) atoms. The molecule has 0 saturated heterocycles. The molecule has 1 heterocycles. The molecule has 2 unspecified atom stereocenters. The number of amides is 2. The topological polar surface area (TPSA) is 95.5 Å². The molecule has 3 rings (SSSR count). The van der Waals surface area contributed by atoms with Crippen molar-refractivity contribution < 1.29 is 19.5 Å². The van der Waals surface area contributed by atoms with Gasteiger partial charge in [-0.2, -0.15) is 0 Å². The smallest absolute Gasteiger partial charge is 0.308 e. The number of rotatable bonds is 8. The molecule has 0 aromatic heterocycles. The highest BCUT2D eigenvalue weighted by molar-refractivity contribution is 5.96. The Hall–Kier alpha value is -3.15. The first-order chi connectivity index (χ1) is 13.5. The van der Waals surface area contributed by atoms with Gasteiger partial charge in [-0.1, -0.05) is 48.5 Å². The number of hydrogen-bond acceptors (Lipinski definition) is 3. The van der Waals surface area contributed by atoms with Gasteiger partial charge in [0, 0.05) is 24.6 Å². The number of carboxylic acids is 1. The predicted octanol–water partition coefficient (Wildman–Crippen LogP) is 2.64. The van der Waals surface area contributed by atoms with E-state index in [1.807, 2.05) is 54.6 Å². The molecule has 6 nitrogen and oxygen atoms in total. The number of nitrogens with one attached hydrogen (secondary N) is 2. The Morgan fingerprint density at radius 1 is 1.11 bits per heavy atom. The largest absolute Gasteiger partial charge is 0.481 e. The third-order valence-electron chi connectivity index (χ3n) is 5.05. The Morgan fingerprint density at radius 3 is 2.57 bits per heavy atom. The summed E-state index contributed by atoms with van der Waals surface area (Å²) in [6.07, 6.45) is 1.60. The molecule has 2 atom stereocenters. The molecular weight excluding hydrogens is 356 g/mol. The molecule has 6 heteroatoms. The van der Waals surface area contributed by atoms with E-state index in [1.165, 1.54) is 0 Å². The predicted molar refractivity (Wildman–Crippen MR) is 106 cm³/mol. The van der Waals surface area contributed by atoms with Crippen molar-refractivity contribution in [3.8, 4) is 0 Å². The maximum absolute atomic E-state index is 12.2. The Labute approximate surface area is 164 Å². The summed E-state index contributed by atoms with van der Waals surface area (Å²) < 4.78 is 0. The molecule has 2 aromatic rings. The van der Waals surface area contributed by atoms with Gasteiger partial charge in [0.25, 0.3) is 0 Å². The van der Waals surface area contributed by atoms with Gasteiger partial charge in [-0.3, -0.25) is 14.4 Å². The van der Waals surface area contributed by atoms with Crippen molar-refractivity contribution >= 4 is 23.5 Å². The van der Waals surface area contributed by atoms with Crippen LogP contribution < -0.4 is 10.6 Å².